The molecule has 19 heavy (non-hydrogen) atoms. The fourth-order valence-corrected chi connectivity index (χ4v) is 3.75. The lowest BCUT2D eigenvalue weighted by molar-refractivity contribution is -0.127. The molecule has 0 aromatic rings. The molecular weight excluding hydrogens is 234 g/mol. The first-order chi connectivity index (χ1) is 9.06. The standard InChI is InChI=1S/C17H31NO/c1-13(2)17(19)16-8-10-18(11-9-16)12-15-6-4-14(3)5-7-15/h13-16H,4-12H2,1-3H3/t14-,15+. The number of carbonyl (C=O) groups excluding carboxylic acids is 1. The van der Waals surface area contributed by atoms with Crippen LogP contribution in [0.25, 0.3) is 0 Å². The van der Waals surface area contributed by atoms with Crippen molar-refractivity contribution in [2.24, 2.45) is 23.7 Å². The van der Waals surface area contributed by atoms with Crippen molar-refractivity contribution in [1.29, 1.82) is 0 Å². The van der Waals surface area contributed by atoms with E-state index in [2.05, 4.69) is 11.8 Å². The normalized spacial score (nSPS) is 30.7. The van der Waals surface area contributed by atoms with Gasteiger partial charge in [0.15, 0.2) is 0 Å². The van der Waals surface area contributed by atoms with E-state index in [0.29, 0.717) is 11.7 Å². The molecular formula is C17H31NO. The lowest BCUT2D eigenvalue weighted by atomic mass is 9.82. The minimum Gasteiger partial charge on any atom is -0.303 e. The van der Waals surface area contributed by atoms with Gasteiger partial charge in [-0.05, 0) is 50.6 Å². The van der Waals surface area contributed by atoms with E-state index in [9.17, 15) is 4.79 Å². The Hall–Kier alpha value is -0.370. The van der Waals surface area contributed by atoms with Gasteiger partial charge in [-0.3, -0.25) is 4.79 Å². The van der Waals surface area contributed by atoms with E-state index in [1.807, 2.05) is 13.8 Å². The molecule has 110 valence electrons. The number of ketones is 1. The highest BCUT2D eigenvalue weighted by Crippen LogP contribution is 2.30. The Morgan fingerprint density at radius 2 is 1.63 bits per heavy atom. The summed E-state index contributed by atoms with van der Waals surface area (Å²) < 4.78 is 0. The highest BCUT2D eigenvalue weighted by Gasteiger charge is 2.28. The van der Waals surface area contributed by atoms with Gasteiger partial charge in [0, 0.05) is 18.4 Å². The van der Waals surface area contributed by atoms with Crippen LogP contribution >= 0.6 is 0 Å². The molecule has 0 aromatic heterocycles. The van der Waals surface area contributed by atoms with Crippen molar-refractivity contribution in [2.45, 2.75) is 59.3 Å². The van der Waals surface area contributed by atoms with Gasteiger partial charge in [0.1, 0.15) is 5.78 Å². The van der Waals surface area contributed by atoms with Crippen LogP contribution in [0.2, 0.25) is 0 Å². The summed E-state index contributed by atoms with van der Waals surface area (Å²) in [5, 5.41) is 0. The van der Waals surface area contributed by atoms with Gasteiger partial charge in [0.25, 0.3) is 0 Å². The molecule has 1 saturated heterocycles. The molecule has 2 fully saturated rings. The Balaban J connectivity index is 1.70. The summed E-state index contributed by atoms with van der Waals surface area (Å²) >= 11 is 0. The van der Waals surface area contributed by atoms with Crippen LogP contribution in [0.1, 0.15) is 59.3 Å². The fourth-order valence-electron chi connectivity index (χ4n) is 3.75. The molecule has 0 amide bonds. The third-order valence-electron chi connectivity index (χ3n) is 5.21. The average molecular weight is 265 g/mol. The Bertz CT molecular complexity index is 284. The van der Waals surface area contributed by atoms with E-state index < -0.39 is 0 Å². The zero-order valence-electron chi connectivity index (χ0n) is 13.0. The van der Waals surface area contributed by atoms with Crippen molar-refractivity contribution in [3.63, 3.8) is 0 Å². The van der Waals surface area contributed by atoms with Gasteiger partial charge in [0.2, 0.25) is 0 Å². The molecule has 2 nitrogen and oxygen atoms in total. The maximum Gasteiger partial charge on any atom is 0.138 e. The quantitative estimate of drug-likeness (QED) is 0.771. The smallest absolute Gasteiger partial charge is 0.138 e. The Kier molecular flexibility index (Phi) is 5.44. The summed E-state index contributed by atoms with van der Waals surface area (Å²) in [6.07, 6.45) is 7.89. The van der Waals surface area contributed by atoms with Crippen molar-refractivity contribution in [3.05, 3.63) is 0 Å². The first-order valence-corrected chi connectivity index (χ1v) is 8.32. The highest BCUT2D eigenvalue weighted by molar-refractivity contribution is 5.82. The van der Waals surface area contributed by atoms with Crippen molar-refractivity contribution in [3.8, 4) is 0 Å². The molecule has 1 saturated carbocycles. The van der Waals surface area contributed by atoms with Crippen LogP contribution in [0, 0.1) is 23.7 Å². The maximum atomic E-state index is 12.0. The van der Waals surface area contributed by atoms with Crippen LogP contribution in [-0.2, 0) is 4.79 Å². The summed E-state index contributed by atoms with van der Waals surface area (Å²) in [7, 11) is 0. The van der Waals surface area contributed by atoms with Gasteiger partial charge < -0.3 is 4.90 Å². The third kappa shape index (κ3) is 4.30. The van der Waals surface area contributed by atoms with E-state index >= 15 is 0 Å². The number of rotatable bonds is 4. The first-order valence-electron chi connectivity index (χ1n) is 8.32. The highest BCUT2D eigenvalue weighted by atomic mass is 16.1. The zero-order chi connectivity index (χ0) is 13.8. The SMILES string of the molecule is CC(C)C(=O)C1CCN(C[C@H]2CC[C@@H](C)CC2)CC1. The van der Waals surface area contributed by atoms with Gasteiger partial charge in [0.05, 0.1) is 0 Å². The predicted octanol–water partition coefficient (Wildman–Crippen LogP) is 3.75. The largest absolute Gasteiger partial charge is 0.303 e. The monoisotopic (exact) mass is 265 g/mol. The summed E-state index contributed by atoms with van der Waals surface area (Å²) in [4.78, 5) is 14.6. The number of hydrogen-bond donors (Lipinski definition) is 0. The molecule has 2 aliphatic rings. The maximum absolute atomic E-state index is 12.0. The molecule has 2 rings (SSSR count). The molecule has 0 atom stereocenters. The molecule has 0 bridgehead atoms. The third-order valence-corrected chi connectivity index (χ3v) is 5.21. The van der Waals surface area contributed by atoms with Crippen LogP contribution in [0.15, 0.2) is 0 Å². The summed E-state index contributed by atoms with van der Waals surface area (Å²) in [5.74, 6) is 2.93. The van der Waals surface area contributed by atoms with Crippen molar-refractivity contribution >= 4 is 5.78 Å². The summed E-state index contributed by atoms with van der Waals surface area (Å²) in [5.41, 5.74) is 0. The van der Waals surface area contributed by atoms with Crippen LogP contribution in [0.4, 0.5) is 0 Å². The van der Waals surface area contributed by atoms with Gasteiger partial charge in [-0.25, -0.2) is 0 Å². The molecule has 0 spiro atoms. The first kappa shape index (κ1) is 15.0. The lowest BCUT2D eigenvalue weighted by Gasteiger charge is -2.36. The van der Waals surface area contributed by atoms with E-state index in [-0.39, 0.29) is 5.92 Å². The van der Waals surface area contributed by atoms with Crippen molar-refractivity contribution < 1.29 is 4.79 Å². The predicted molar refractivity (Wildman–Crippen MR) is 80.1 cm³/mol. The van der Waals surface area contributed by atoms with E-state index in [1.165, 1.54) is 32.2 Å². The van der Waals surface area contributed by atoms with Gasteiger partial charge in [-0.2, -0.15) is 0 Å². The number of piperidine rings is 1. The lowest BCUT2D eigenvalue weighted by Crippen LogP contribution is -2.40. The zero-order valence-corrected chi connectivity index (χ0v) is 13.0. The van der Waals surface area contributed by atoms with Gasteiger partial charge >= 0.3 is 0 Å². The van der Waals surface area contributed by atoms with Crippen molar-refractivity contribution in [2.75, 3.05) is 19.6 Å². The second kappa shape index (κ2) is 6.88. The summed E-state index contributed by atoms with van der Waals surface area (Å²) in [6.45, 7) is 10.1. The average Bonchev–Trinajstić information content (AvgIpc) is 2.41. The Morgan fingerprint density at radius 3 is 2.16 bits per heavy atom. The molecule has 0 aromatic carbocycles. The second-order valence-electron chi connectivity index (χ2n) is 7.26. The van der Waals surface area contributed by atoms with E-state index in [0.717, 1.165) is 37.8 Å². The van der Waals surface area contributed by atoms with Crippen LogP contribution in [-0.4, -0.2) is 30.3 Å². The molecule has 1 aliphatic carbocycles. The van der Waals surface area contributed by atoms with E-state index in [1.54, 1.807) is 0 Å². The van der Waals surface area contributed by atoms with Gasteiger partial charge in [-0.1, -0.05) is 33.6 Å². The van der Waals surface area contributed by atoms with Crippen LogP contribution < -0.4 is 0 Å². The number of hydrogen-bond acceptors (Lipinski definition) is 2. The number of carbonyl (C=O) groups is 1. The molecule has 1 heterocycles. The Morgan fingerprint density at radius 1 is 1.05 bits per heavy atom. The second-order valence-corrected chi connectivity index (χ2v) is 7.26. The molecule has 0 radical (unpaired) electrons. The molecule has 2 heteroatoms. The van der Waals surface area contributed by atoms with Crippen LogP contribution in [0.5, 0.6) is 0 Å². The number of Topliss-reactive ketones (excluding diaryl/α,β-unsaturated/α-hetero) is 1. The fraction of sp³-hybridized carbons (Fsp3) is 0.941. The minimum atomic E-state index is 0.219. The molecule has 1 aliphatic heterocycles. The summed E-state index contributed by atoms with van der Waals surface area (Å²) in [6, 6.07) is 0. The number of nitrogens with zero attached hydrogens (tertiary/aromatic N) is 1. The number of likely N-dealkylation sites (tertiary alicyclic amines) is 1. The molecule has 0 unspecified atom stereocenters. The minimum absolute atomic E-state index is 0.219. The molecule has 0 N–H and O–H groups in total. The Labute approximate surface area is 118 Å². The van der Waals surface area contributed by atoms with E-state index in [4.69, 9.17) is 0 Å². The van der Waals surface area contributed by atoms with Crippen molar-refractivity contribution in [1.82, 2.24) is 4.90 Å². The van der Waals surface area contributed by atoms with Crippen LogP contribution in [0.3, 0.4) is 0 Å². The van der Waals surface area contributed by atoms with Gasteiger partial charge in [-0.15, -0.1) is 0 Å². The topological polar surface area (TPSA) is 20.3 Å².